The van der Waals surface area contributed by atoms with Gasteiger partial charge in [-0.1, -0.05) is 190 Å². The first-order valence-electron chi connectivity index (χ1n) is 18.7. The van der Waals surface area contributed by atoms with Crippen LogP contribution in [0.15, 0.2) is 182 Å². The molecule has 0 saturated heterocycles. The molecule has 0 spiro atoms. The highest BCUT2D eigenvalue weighted by Crippen LogP contribution is 2.56. The molecule has 0 heteroatoms. The molecule has 0 aliphatic heterocycles. The van der Waals surface area contributed by atoms with E-state index in [2.05, 4.69) is 196 Å². The molecule has 0 radical (unpaired) electrons. The minimum atomic E-state index is -0.160. The van der Waals surface area contributed by atoms with Crippen LogP contribution in [-0.2, 0) is 5.41 Å². The molecular weight excluding hydrogens is 637 g/mol. The number of hydrogen-bond donors (Lipinski definition) is 0. The highest BCUT2D eigenvalue weighted by Gasteiger charge is 2.39. The Hall–Kier alpha value is -6.50. The quantitative estimate of drug-likeness (QED) is 0.129. The fourth-order valence-corrected chi connectivity index (χ4v) is 9.77. The molecule has 10 aromatic carbocycles. The standard InChI is InChI=1S/C53H36/c1-53(2)51-38-30-29-37(32-36(38)28-31-47(51)50-41-18-8-6-16-39(41)40-17-7-13-23-46(40)52(50)53)49-44-21-11-9-19-42(44)48(43-20-10-12-22-45(43)49)35-26-24-34(25-27-35)33-14-4-3-5-15-33/h3-32H,1-2H3. The molecule has 0 saturated carbocycles. The van der Waals surface area contributed by atoms with Crippen molar-refractivity contribution in [2.24, 2.45) is 0 Å². The third-order valence-corrected chi connectivity index (χ3v) is 12.0. The SMILES string of the molecule is CC1(C)c2c(ccc3cc(-c4c5ccccc5c(-c5ccc(-c6ccccc6)cc5)c5ccccc45)ccc23)-c2c1c1ccccc1c1ccccc21. The van der Waals surface area contributed by atoms with Crippen LogP contribution in [-0.4, -0.2) is 0 Å². The van der Waals surface area contributed by atoms with E-state index in [1.807, 2.05) is 0 Å². The lowest BCUT2D eigenvalue weighted by molar-refractivity contribution is 0.672. The first-order chi connectivity index (χ1) is 26.1. The summed E-state index contributed by atoms with van der Waals surface area (Å²) in [5.41, 5.74) is 13.0. The summed E-state index contributed by atoms with van der Waals surface area (Å²) in [5.74, 6) is 0. The summed E-state index contributed by atoms with van der Waals surface area (Å²) in [4.78, 5) is 0. The zero-order chi connectivity index (χ0) is 35.3. The van der Waals surface area contributed by atoms with Gasteiger partial charge in [0.05, 0.1) is 0 Å². The van der Waals surface area contributed by atoms with E-state index in [0.717, 1.165) is 0 Å². The van der Waals surface area contributed by atoms with Crippen LogP contribution in [0.5, 0.6) is 0 Å². The molecule has 0 fully saturated rings. The van der Waals surface area contributed by atoms with E-state index in [1.54, 1.807) is 0 Å². The Kier molecular flexibility index (Phi) is 6.40. The van der Waals surface area contributed by atoms with E-state index < -0.39 is 0 Å². The summed E-state index contributed by atoms with van der Waals surface area (Å²) in [6, 6.07) is 67.6. The van der Waals surface area contributed by atoms with Gasteiger partial charge in [0.15, 0.2) is 0 Å². The molecule has 1 aliphatic rings. The third kappa shape index (κ3) is 4.30. The van der Waals surface area contributed by atoms with Gasteiger partial charge in [0.1, 0.15) is 0 Å². The Morgan fingerprint density at radius 1 is 0.283 bits per heavy atom. The van der Waals surface area contributed by atoms with Crippen LogP contribution in [0.2, 0.25) is 0 Å². The van der Waals surface area contributed by atoms with Gasteiger partial charge in [-0.15, -0.1) is 0 Å². The summed E-state index contributed by atoms with van der Waals surface area (Å²) in [5, 5.41) is 13.1. The largest absolute Gasteiger partial charge is 0.0622 e. The minimum Gasteiger partial charge on any atom is -0.0622 e. The maximum atomic E-state index is 2.44. The van der Waals surface area contributed by atoms with Gasteiger partial charge in [-0.05, 0) is 116 Å². The molecule has 0 aromatic heterocycles. The van der Waals surface area contributed by atoms with Crippen molar-refractivity contribution in [2.45, 2.75) is 19.3 Å². The van der Waals surface area contributed by atoms with E-state index in [1.165, 1.54) is 109 Å². The van der Waals surface area contributed by atoms with Crippen LogP contribution < -0.4 is 0 Å². The Morgan fingerprint density at radius 3 is 1.32 bits per heavy atom. The van der Waals surface area contributed by atoms with Gasteiger partial charge in [-0.25, -0.2) is 0 Å². The van der Waals surface area contributed by atoms with Crippen LogP contribution in [0.25, 0.3) is 98.4 Å². The lowest BCUT2D eigenvalue weighted by atomic mass is 9.77. The molecule has 0 N–H and O–H groups in total. The zero-order valence-corrected chi connectivity index (χ0v) is 29.8. The van der Waals surface area contributed by atoms with Crippen LogP contribution in [0.3, 0.4) is 0 Å². The van der Waals surface area contributed by atoms with Crippen molar-refractivity contribution < 1.29 is 0 Å². The maximum absolute atomic E-state index is 2.44. The van der Waals surface area contributed by atoms with Crippen LogP contribution in [0.1, 0.15) is 25.0 Å². The van der Waals surface area contributed by atoms with E-state index in [9.17, 15) is 0 Å². The fraction of sp³-hybridized carbons (Fsp3) is 0.0566. The Labute approximate surface area is 309 Å². The lowest BCUT2D eigenvalue weighted by Crippen LogP contribution is -2.16. The van der Waals surface area contributed by atoms with Crippen molar-refractivity contribution in [3.8, 4) is 44.5 Å². The summed E-state index contributed by atoms with van der Waals surface area (Å²) >= 11 is 0. The molecule has 11 rings (SSSR count). The minimum absolute atomic E-state index is 0.160. The predicted octanol–water partition coefficient (Wildman–Crippen LogP) is 14.8. The van der Waals surface area contributed by atoms with E-state index in [4.69, 9.17) is 0 Å². The normalized spacial score (nSPS) is 13.2. The Morgan fingerprint density at radius 2 is 0.717 bits per heavy atom. The van der Waals surface area contributed by atoms with Crippen LogP contribution >= 0.6 is 0 Å². The average molecular weight is 673 g/mol. The predicted molar refractivity (Wildman–Crippen MR) is 228 cm³/mol. The second-order valence-electron chi connectivity index (χ2n) is 15.2. The molecule has 0 amide bonds. The maximum Gasteiger partial charge on any atom is 0.0171 e. The van der Waals surface area contributed by atoms with E-state index in [0.29, 0.717) is 0 Å². The van der Waals surface area contributed by atoms with Gasteiger partial charge in [-0.3, -0.25) is 0 Å². The molecule has 0 heterocycles. The number of benzene rings is 10. The van der Waals surface area contributed by atoms with Gasteiger partial charge in [0.2, 0.25) is 0 Å². The Balaban J connectivity index is 1.12. The van der Waals surface area contributed by atoms with Crippen molar-refractivity contribution >= 4 is 53.9 Å². The van der Waals surface area contributed by atoms with Crippen LogP contribution in [0, 0.1) is 0 Å². The highest BCUT2D eigenvalue weighted by atomic mass is 14.4. The second kappa shape index (κ2) is 11.2. The van der Waals surface area contributed by atoms with Crippen molar-refractivity contribution in [1.29, 1.82) is 0 Å². The van der Waals surface area contributed by atoms with E-state index in [-0.39, 0.29) is 5.41 Å². The number of rotatable bonds is 3. The van der Waals surface area contributed by atoms with E-state index >= 15 is 0 Å². The van der Waals surface area contributed by atoms with Crippen molar-refractivity contribution in [3.63, 3.8) is 0 Å². The Bertz CT molecular complexity index is 3050. The van der Waals surface area contributed by atoms with Gasteiger partial charge in [0.25, 0.3) is 0 Å². The molecule has 0 atom stereocenters. The molecule has 0 nitrogen and oxygen atoms in total. The lowest BCUT2D eigenvalue weighted by Gasteiger charge is -2.25. The molecular formula is C53H36. The molecule has 248 valence electrons. The molecule has 0 unspecified atom stereocenters. The zero-order valence-electron chi connectivity index (χ0n) is 29.8. The van der Waals surface area contributed by atoms with Crippen molar-refractivity contribution in [3.05, 3.63) is 193 Å². The third-order valence-electron chi connectivity index (χ3n) is 12.0. The van der Waals surface area contributed by atoms with Crippen molar-refractivity contribution in [2.75, 3.05) is 0 Å². The molecule has 1 aliphatic carbocycles. The van der Waals surface area contributed by atoms with Gasteiger partial charge in [0, 0.05) is 5.41 Å². The van der Waals surface area contributed by atoms with Gasteiger partial charge < -0.3 is 0 Å². The second-order valence-corrected chi connectivity index (χ2v) is 15.2. The summed E-state index contributed by atoms with van der Waals surface area (Å²) in [6.07, 6.45) is 0. The average Bonchev–Trinajstić information content (AvgIpc) is 3.47. The summed E-state index contributed by atoms with van der Waals surface area (Å²) < 4.78 is 0. The molecule has 53 heavy (non-hydrogen) atoms. The topological polar surface area (TPSA) is 0 Å². The molecule has 0 bridgehead atoms. The van der Waals surface area contributed by atoms with Gasteiger partial charge in [-0.2, -0.15) is 0 Å². The smallest absolute Gasteiger partial charge is 0.0171 e. The summed E-state index contributed by atoms with van der Waals surface area (Å²) in [7, 11) is 0. The first kappa shape index (κ1) is 30.2. The number of fused-ring (bicyclic) bond motifs is 12. The monoisotopic (exact) mass is 672 g/mol. The highest BCUT2D eigenvalue weighted by molar-refractivity contribution is 6.23. The molecule has 10 aromatic rings. The fourth-order valence-electron chi connectivity index (χ4n) is 9.77. The first-order valence-corrected chi connectivity index (χ1v) is 18.7. The van der Waals surface area contributed by atoms with Gasteiger partial charge >= 0.3 is 0 Å². The van der Waals surface area contributed by atoms with Crippen LogP contribution in [0.4, 0.5) is 0 Å². The summed E-state index contributed by atoms with van der Waals surface area (Å²) in [6.45, 7) is 4.86. The number of hydrogen-bond acceptors (Lipinski definition) is 0. The van der Waals surface area contributed by atoms with Crippen molar-refractivity contribution in [1.82, 2.24) is 0 Å².